The molecule has 0 aliphatic rings. The number of primary sulfonamides is 1. The second-order valence-corrected chi connectivity index (χ2v) is 4.55. The molecular formula is C8H10F2N2O3S. The molecule has 0 bridgehead atoms. The fourth-order valence-corrected chi connectivity index (χ4v) is 1.74. The van der Waals surface area contributed by atoms with Crippen molar-refractivity contribution in [2.24, 2.45) is 5.14 Å². The Morgan fingerprint density at radius 2 is 2.06 bits per heavy atom. The topological polar surface area (TPSA) is 82.3 Å². The van der Waals surface area contributed by atoms with Crippen molar-refractivity contribution in [3.8, 4) is 5.88 Å². The van der Waals surface area contributed by atoms with Crippen LogP contribution in [0, 0.1) is 6.92 Å². The molecule has 1 rings (SSSR count). The van der Waals surface area contributed by atoms with Gasteiger partial charge in [-0.15, -0.1) is 0 Å². The molecule has 0 fully saturated rings. The van der Waals surface area contributed by atoms with Gasteiger partial charge in [-0.1, -0.05) is 0 Å². The Labute approximate surface area is 91.3 Å². The van der Waals surface area contributed by atoms with Crippen LogP contribution in [0.4, 0.5) is 8.78 Å². The SMILES string of the molecule is COc1nc(S(N)(=O)=O)cc(C)c1C(F)F. The molecule has 0 aliphatic carbocycles. The minimum absolute atomic E-state index is 0.0610. The number of methoxy groups -OCH3 is 1. The standard InChI is InChI=1S/C8H10F2N2O3S/c1-4-3-5(16(11,13)14)12-8(15-2)6(4)7(9)10/h3,7H,1-2H3,(H2,11,13,14). The molecule has 0 radical (unpaired) electrons. The smallest absolute Gasteiger partial charge is 0.269 e. The predicted octanol–water partition coefficient (Wildman–Crippen LogP) is 0.984. The van der Waals surface area contributed by atoms with Crippen molar-refractivity contribution in [3.63, 3.8) is 0 Å². The molecule has 1 aromatic rings. The molecule has 0 saturated carbocycles. The van der Waals surface area contributed by atoms with Crippen LogP contribution in [0.1, 0.15) is 17.6 Å². The highest BCUT2D eigenvalue weighted by molar-refractivity contribution is 7.89. The molecule has 2 N–H and O–H groups in total. The summed E-state index contributed by atoms with van der Waals surface area (Å²) in [4.78, 5) is 3.43. The maximum absolute atomic E-state index is 12.6. The first-order valence-electron chi connectivity index (χ1n) is 4.14. The van der Waals surface area contributed by atoms with Gasteiger partial charge in [0.15, 0.2) is 5.03 Å². The Hall–Kier alpha value is -1.28. The summed E-state index contributed by atoms with van der Waals surface area (Å²) in [7, 11) is -2.91. The molecule has 1 aromatic heterocycles. The zero-order valence-electron chi connectivity index (χ0n) is 8.57. The van der Waals surface area contributed by atoms with Gasteiger partial charge < -0.3 is 4.74 Å². The summed E-state index contributed by atoms with van der Waals surface area (Å²) >= 11 is 0. The molecule has 0 unspecified atom stereocenters. The van der Waals surface area contributed by atoms with Crippen molar-refractivity contribution < 1.29 is 21.9 Å². The lowest BCUT2D eigenvalue weighted by atomic mass is 10.1. The molecular weight excluding hydrogens is 242 g/mol. The van der Waals surface area contributed by atoms with Gasteiger partial charge >= 0.3 is 0 Å². The van der Waals surface area contributed by atoms with E-state index in [-0.39, 0.29) is 5.56 Å². The second kappa shape index (κ2) is 4.30. The number of halogens is 2. The van der Waals surface area contributed by atoms with Crippen molar-refractivity contribution >= 4 is 10.0 Å². The first-order chi connectivity index (χ1) is 7.27. The van der Waals surface area contributed by atoms with Crippen molar-refractivity contribution in [1.29, 1.82) is 0 Å². The molecule has 0 saturated heterocycles. The molecule has 0 aliphatic heterocycles. The van der Waals surface area contributed by atoms with E-state index in [1.807, 2.05) is 0 Å². The van der Waals surface area contributed by atoms with Crippen LogP contribution in [0.25, 0.3) is 0 Å². The van der Waals surface area contributed by atoms with Gasteiger partial charge in [-0.05, 0) is 18.6 Å². The van der Waals surface area contributed by atoms with Crippen molar-refractivity contribution in [3.05, 3.63) is 17.2 Å². The van der Waals surface area contributed by atoms with Gasteiger partial charge in [0.1, 0.15) is 0 Å². The molecule has 0 spiro atoms. The van der Waals surface area contributed by atoms with E-state index < -0.39 is 32.9 Å². The molecule has 8 heteroatoms. The summed E-state index contributed by atoms with van der Waals surface area (Å²) < 4.78 is 51.8. The van der Waals surface area contributed by atoms with Gasteiger partial charge in [-0.3, -0.25) is 0 Å². The van der Waals surface area contributed by atoms with Crippen LogP contribution in [-0.2, 0) is 10.0 Å². The van der Waals surface area contributed by atoms with Crippen molar-refractivity contribution in [2.75, 3.05) is 7.11 Å². The van der Waals surface area contributed by atoms with Gasteiger partial charge in [0.05, 0.1) is 12.7 Å². The highest BCUT2D eigenvalue weighted by Crippen LogP contribution is 2.31. The molecule has 16 heavy (non-hydrogen) atoms. The number of rotatable bonds is 3. The van der Waals surface area contributed by atoms with E-state index in [1.54, 1.807) is 0 Å². The molecule has 5 nitrogen and oxygen atoms in total. The maximum Gasteiger partial charge on any atom is 0.269 e. The zero-order chi connectivity index (χ0) is 12.5. The number of hydrogen-bond donors (Lipinski definition) is 1. The Bertz CT molecular complexity index is 502. The molecule has 90 valence electrons. The number of aromatic nitrogens is 1. The highest BCUT2D eigenvalue weighted by Gasteiger charge is 2.22. The van der Waals surface area contributed by atoms with Crippen LogP contribution in [0.3, 0.4) is 0 Å². The van der Waals surface area contributed by atoms with E-state index in [9.17, 15) is 17.2 Å². The highest BCUT2D eigenvalue weighted by atomic mass is 32.2. The number of aryl methyl sites for hydroxylation is 1. The summed E-state index contributed by atoms with van der Waals surface area (Å²) in [5.74, 6) is -0.431. The normalized spacial score (nSPS) is 11.9. The lowest BCUT2D eigenvalue weighted by Crippen LogP contribution is -2.15. The molecule has 1 heterocycles. The van der Waals surface area contributed by atoms with Crippen molar-refractivity contribution in [1.82, 2.24) is 4.98 Å². The number of nitrogens with zero attached hydrogens (tertiary/aromatic N) is 1. The quantitative estimate of drug-likeness (QED) is 0.869. The Balaban J connectivity index is 3.50. The van der Waals surface area contributed by atoms with E-state index in [2.05, 4.69) is 9.72 Å². The minimum atomic E-state index is -4.04. The molecule has 0 atom stereocenters. The summed E-state index contributed by atoms with van der Waals surface area (Å²) in [5.41, 5.74) is -0.374. The summed E-state index contributed by atoms with van der Waals surface area (Å²) in [6.45, 7) is 1.33. The van der Waals surface area contributed by atoms with Crippen LogP contribution < -0.4 is 9.88 Å². The third-order valence-electron chi connectivity index (χ3n) is 1.91. The van der Waals surface area contributed by atoms with Crippen LogP contribution in [0.15, 0.2) is 11.1 Å². The monoisotopic (exact) mass is 252 g/mol. The average Bonchev–Trinajstić information content (AvgIpc) is 2.14. The Morgan fingerprint density at radius 3 is 2.44 bits per heavy atom. The maximum atomic E-state index is 12.6. The number of sulfonamides is 1. The number of pyridine rings is 1. The van der Waals surface area contributed by atoms with Crippen LogP contribution in [-0.4, -0.2) is 20.5 Å². The Kier molecular flexibility index (Phi) is 3.44. The van der Waals surface area contributed by atoms with Crippen LogP contribution in [0.5, 0.6) is 5.88 Å². The summed E-state index contributed by atoms with van der Waals surface area (Å²) in [6, 6.07) is 0.985. The number of ether oxygens (including phenoxy) is 1. The fourth-order valence-electron chi connectivity index (χ4n) is 1.19. The van der Waals surface area contributed by atoms with E-state index in [1.165, 1.54) is 6.92 Å². The van der Waals surface area contributed by atoms with Gasteiger partial charge in [0.2, 0.25) is 5.88 Å². The fraction of sp³-hybridized carbons (Fsp3) is 0.375. The second-order valence-electron chi connectivity index (χ2n) is 3.05. The predicted molar refractivity (Wildman–Crippen MR) is 51.9 cm³/mol. The number of nitrogens with two attached hydrogens (primary N) is 1. The molecule has 0 aromatic carbocycles. The van der Waals surface area contributed by atoms with E-state index >= 15 is 0 Å². The number of alkyl halides is 2. The third kappa shape index (κ3) is 2.45. The van der Waals surface area contributed by atoms with Crippen LogP contribution >= 0.6 is 0 Å². The van der Waals surface area contributed by atoms with E-state index in [0.29, 0.717) is 0 Å². The zero-order valence-corrected chi connectivity index (χ0v) is 9.38. The summed E-state index contributed by atoms with van der Waals surface area (Å²) in [6.07, 6.45) is -2.79. The Morgan fingerprint density at radius 1 is 1.50 bits per heavy atom. The van der Waals surface area contributed by atoms with Crippen LogP contribution in [0.2, 0.25) is 0 Å². The molecule has 0 amide bonds. The lowest BCUT2D eigenvalue weighted by Gasteiger charge is -2.11. The lowest BCUT2D eigenvalue weighted by molar-refractivity contribution is 0.145. The van der Waals surface area contributed by atoms with Gasteiger partial charge in [-0.25, -0.2) is 22.3 Å². The van der Waals surface area contributed by atoms with E-state index in [4.69, 9.17) is 5.14 Å². The van der Waals surface area contributed by atoms with E-state index in [0.717, 1.165) is 13.2 Å². The third-order valence-corrected chi connectivity index (χ3v) is 2.70. The summed E-state index contributed by atoms with van der Waals surface area (Å²) in [5, 5.41) is 4.35. The largest absolute Gasteiger partial charge is 0.481 e. The number of hydrogen-bond acceptors (Lipinski definition) is 4. The average molecular weight is 252 g/mol. The first kappa shape index (κ1) is 12.8. The first-order valence-corrected chi connectivity index (χ1v) is 5.68. The van der Waals surface area contributed by atoms with Gasteiger partial charge in [0.25, 0.3) is 16.4 Å². The van der Waals surface area contributed by atoms with Crippen molar-refractivity contribution in [2.45, 2.75) is 18.4 Å². The van der Waals surface area contributed by atoms with Gasteiger partial charge in [-0.2, -0.15) is 4.98 Å². The van der Waals surface area contributed by atoms with Gasteiger partial charge in [0, 0.05) is 0 Å². The minimum Gasteiger partial charge on any atom is -0.481 e.